The summed E-state index contributed by atoms with van der Waals surface area (Å²) >= 11 is 6.07. The highest BCUT2D eigenvalue weighted by molar-refractivity contribution is 6.30. The summed E-state index contributed by atoms with van der Waals surface area (Å²) in [6.45, 7) is 2.82. The number of hydrogen-bond donors (Lipinski definition) is 1. The summed E-state index contributed by atoms with van der Waals surface area (Å²) in [5, 5.41) is 3.67. The first-order chi connectivity index (χ1) is 17.1. The largest absolute Gasteiger partial charge is 0.484 e. The van der Waals surface area contributed by atoms with Gasteiger partial charge in [0.05, 0.1) is 0 Å². The topological polar surface area (TPSA) is 58.6 Å². The lowest BCUT2D eigenvalue weighted by atomic mass is 10.0. The maximum absolute atomic E-state index is 13.5. The van der Waals surface area contributed by atoms with Crippen LogP contribution in [0.3, 0.4) is 0 Å². The van der Waals surface area contributed by atoms with Gasteiger partial charge in [-0.2, -0.15) is 0 Å². The minimum Gasteiger partial charge on any atom is -0.484 e. The van der Waals surface area contributed by atoms with E-state index in [2.05, 4.69) is 12.2 Å². The van der Waals surface area contributed by atoms with E-state index >= 15 is 0 Å². The normalized spacial score (nSPS) is 11.5. The molecule has 0 aromatic heterocycles. The van der Waals surface area contributed by atoms with Crippen LogP contribution in [0.4, 0.5) is 0 Å². The number of nitrogens with one attached hydrogen (secondary N) is 1. The van der Waals surface area contributed by atoms with Gasteiger partial charge in [-0.1, -0.05) is 92.0 Å². The molecule has 184 valence electrons. The van der Waals surface area contributed by atoms with Crippen LogP contribution in [0.5, 0.6) is 5.75 Å². The van der Waals surface area contributed by atoms with Crippen molar-refractivity contribution in [2.75, 3.05) is 13.2 Å². The van der Waals surface area contributed by atoms with Crippen molar-refractivity contribution in [3.05, 3.63) is 101 Å². The molecule has 0 spiro atoms. The molecule has 1 atom stereocenters. The predicted octanol–water partition coefficient (Wildman–Crippen LogP) is 5.67. The fourth-order valence-corrected chi connectivity index (χ4v) is 3.92. The zero-order valence-electron chi connectivity index (χ0n) is 20.2. The Labute approximate surface area is 213 Å². The van der Waals surface area contributed by atoms with E-state index < -0.39 is 6.04 Å². The summed E-state index contributed by atoms with van der Waals surface area (Å²) in [5.41, 5.74) is 1.87. The second-order valence-electron chi connectivity index (χ2n) is 8.45. The van der Waals surface area contributed by atoms with Crippen LogP contribution in [0.2, 0.25) is 5.02 Å². The monoisotopic (exact) mass is 492 g/mol. The molecule has 0 aliphatic rings. The van der Waals surface area contributed by atoms with Gasteiger partial charge in [0, 0.05) is 24.5 Å². The number of carbonyl (C=O) groups excluding carboxylic acids is 2. The second kappa shape index (κ2) is 14.2. The quantitative estimate of drug-likeness (QED) is 0.313. The number of hydrogen-bond acceptors (Lipinski definition) is 3. The summed E-state index contributed by atoms with van der Waals surface area (Å²) in [6.07, 6.45) is 3.43. The molecule has 0 fully saturated rings. The van der Waals surface area contributed by atoms with Crippen molar-refractivity contribution in [2.24, 2.45) is 0 Å². The maximum atomic E-state index is 13.5. The first-order valence-electron chi connectivity index (χ1n) is 12.1. The van der Waals surface area contributed by atoms with Gasteiger partial charge in [0.2, 0.25) is 5.91 Å². The van der Waals surface area contributed by atoms with Gasteiger partial charge < -0.3 is 15.0 Å². The molecule has 0 bridgehead atoms. The van der Waals surface area contributed by atoms with E-state index in [-0.39, 0.29) is 25.0 Å². The van der Waals surface area contributed by atoms with Gasteiger partial charge in [-0.05, 0) is 41.8 Å². The molecule has 0 saturated carbocycles. The fraction of sp³-hybridized carbons (Fsp3) is 0.310. The Bertz CT molecular complexity index is 1040. The minimum absolute atomic E-state index is 0.160. The Morgan fingerprint density at radius 1 is 0.886 bits per heavy atom. The third-order valence-corrected chi connectivity index (χ3v) is 5.97. The van der Waals surface area contributed by atoms with Crippen molar-refractivity contribution in [1.29, 1.82) is 0 Å². The molecule has 2 amide bonds. The molecule has 1 unspecified atom stereocenters. The van der Waals surface area contributed by atoms with Crippen LogP contribution < -0.4 is 10.1 Å². The smallest absolute Gasteiger partial charge is 0.261 e. The van der Waals surface area contributed by atoms with Gasteiger partial charge in [-0.15, -0.1) is 0 Å². The van der Waals surface area contributed by atoms with Crippen LogP contribution in [0.25, 0.3) is 0 Å². The lowest BCUT2D eigenvalue weighted by molar-refractivity contribution is -0.142. The second-order valence-corrected chi connectivity index (χ2v) is 8.89. The van der Waals surface area contributed by atoms with Gasteiger partial charge in [0.25, 0.3) is 5.91 Å². The molecular weight excluding hydrogens is 460 g/mol. The summed E-state index contributed by atoms with van der Waals surface area (Å²) in [7, 11) is 0. The highest BCUT2D eigenvalue weighted by Gasteiger charge is 2.30. The first-order valence-corrected chi connectivity index (χ1v) is 12.5. The van der Waals surface area contributed by atoms with Crippen molar-refractivity contribution in [1.82, 2.24) is 10.2 Å². The van der Waals surface area contributed by atoms with Gasteiger partial charge in [0.1, 0.15) is 11.8 Å². The van der Waals surface area contributed by atoms with Crippen molar-refractivity contribution in [3.8, 4) is 5.75 Å². The molecule has 0 aliphatic carbocycles. The molecule has 0 heterocycles. The van der Waals surface area contributed by atoms with Crippen LogP contribution in [0.1, 0.15) is 37.3 Å². The number of amides is 2. The molecule has 3 rings (SSSR count). The van der Waals surface area contributed by atoms with Crippen LogP contribution >= 0.6 is 11.6 Å². The van der Waals surface area contributed by atoms with Gasteiger partial charge in [0.15, 0.2) is 6.61 Å². The molecule has 5 nitrogen and oxygen atoms in total. The molecule has 0 aliphatic heterocycles. The average Bonchev–Trinajstić information content (AvgIpc) is 2.89. The molecule has 0 radical (unpaired) electrons. The standard InChI is InChI=1S/C29H33ClN2O3/c1-2-3-10-19-31-29(34)27(20-23-11-6-4-7-12-23)32(21-24-15-17-25(30)18-16-24)28(33)22-35-26-13-8-5-9-14-26/h4-9,11-18,27H,2-3,10,19-22H2,1H3,(H,31,34). The third kappa shape index (κ3) is 8.76. The van der Waals surface area contributed by atoms with E-state index in [1.807, 2.05) is 60.7 Å². The van der Waals surface area contributed by atoms with Crippen molar-refractivity contribution in [3.63, 3.8) is 0 Å². The Morgan fingerprint density at radius 3 is 2.20 bits per heavy atom. The number of carbonyl (C=O) groups is 2. The minimum atomic E-state index is -0.679. The number of nitrogens with zero attached hydrogens (tertiary/aromatic N) is 1. The Morgan fingerprint density at radius 2 is 1.54 bits per heavy atom. The van der Waals surface area contributed by atoms with Crippen LogP contribution in [-0.4, -0.2) is 35.9 Å². The summed E-state index contributed by atoms with van der Waals surface area (Å²) in [5.74, 6) is 0.191. The van der Waals surface area contributed by atoms with Gasteiger partial charge in [-0.3, -0.25) is 9.59 Å². The van der Waals surface area contributed by atoms with Gasteiger partial charge in [-0.25, -0.2) is 0 Å². The third-order valence-electron chi connectivity index (χ3n) is 5.72. The zero-order chi connectivity index (χ0) is 24.9. The van der Waals surface area contributed by atoms with E-state index in [1.54, 1.807) is 29.2 Å². The first kappa shape index (κ1) is 26.3. The van der Waals surface area contributed by atoms with E-state index in [9.17, 15) is 9.59 Å². The van der Waals surface area contributed by atoms with Crippen LogP contribution in [0, 0.1) is 0 Å². The molecule has 0 saturated heterocycles. The number of rotatable bonds is 13. The highest BCUT2D eigenvalue weighted by atomic mass is 35.5. The number of para-hydroxylation sites is 1. The maximum Gasteiger partial charge on any atom is 0.261 e. The predicted molar refractivity (Wildman–Crippen MR) is 140 cm³/mol. The lowest BCUT2D eigenvalue weighted by Gasteiger charge is -2.31. The number of ether oxygens (including phenoxy) is 1. The van der Waals surface area contributed by atoms with Gasteiger partial charge >= 0.3 is 0 Å². The SMILES string of the molecule is CCCCCNC(=O)C(Cc1ccccc1)N(Cc1ccc(Cl)cc1)C(=O)COc1ccccc1. The van der Waals surface area contributed by atoms with E-state index in [0.717, 1.165) is 30.4 Å². The zero-order valence-corrected chi connectivity index (χ0v) is 20.9. The molecule has 3 aromatic carbocycles. The van der Waals surface area contributed by atoms with E-state index in [1.165, 1.54) is 0 Å². The van der Waals surface area contributed by atoms with E-state index in [4.69, 9.17) is 16.3 Å². The summed E-state index contributed by atoms with van der Waals surface area (Å²) in [4.78, 5) is 28.5. The summed E-state index contributed by atoms with van der Waals surface area (Å²) in [6, 6.07) is 25.6. The molecule has 6 heteroatoms. The van der Waals surface area contributed by atoms with Crippen LogP contribution in [0.15, 0.2) is 84.9 Å². The van der Waals surface area contributed by atoms with E-state index in [0.29, 0.717) is 23.7 Å². The Balaban J connectivity index is 1.85. The highest BCUT2D eigenvalue weighted by Crippen LogP contribution is 2.18. The molecule has 1 N–H and O–H groups in total. The Kier molecular flexibility index (Phi) is 10.6. The van der Waals surface area contributed by atoms with Crippen molar-refractivity contribution < 1.29 is 14.3 Å². The number of benzene rings is 3. The molecule has 3 aromatic rings. The fourth-order valence-electron chi connectivity index (χ4n) is 3.79. The van der Waals surface area contributed by atoms with Crippen molar-refractivity contribution >= 4 is 23.4 Å². The Hall–Kier alpha value is -3.31. The summed E-state index contributed by atoms with van der Waals surface area (Å²) < 4.78 is 5.75. The number of halogens is 1. The van der Waals surface area contributed by atoms with Crippen molar-refractivity contribution in [2.45, 2.75) is 45.2 Å². The average molecular weight is 493 g/mol. The molecular formula is C29H33ClN2O3. The number of unbranched alkanes of at least 4 members (excludes halogenated alkanes) is 2. The lowest BCUT2D eigenvalue weighted by Crippen LogP contribution is -2.51. The molecule has 35 heavy (non-hydrogen) atoms. The van der Waals surface area contributed by atoms with Crippen LogP contribution in [-0.2, 0) is 22.6 Å².